The molecule has 0 fully saturated rings. The molecule has 4 heteroatoms. The Balaban J connectivity index is 1.33. The number of ketones is 1. The fourth-order valence-corrected chi connectivity index (χ4v) is 6.04. The van der Waals surface area contributed by atoms with E-state index in [1.807, 2.05) is 36.4 Å². The number of phenols is 1. The van der Waals surface area contributed by atoms with Crippen molar-refractivity contribution in [1.29, 1.82) is 0 Å². The fraction of sp³-hybridized carbons (Fsp3) is 0.500. The molecule has 44 heavy (non-hydrogen) atoms. The van der Waals surface area contributed by atoms with E-state index in [-0.39, 0.29) is 16.9 Å². The first kappa shape index (κ1) is 33.5. The highest BCUT2D eigenvalue weighted by Gasteiger charge is 2.29. The van der Waals surface area contributed by atoms with Crippen LogP contribution in [0.3, 0.4) is 0 Å². The molecule has 3 aromatic rings. The number of Topliss-reactive ketones (excluding diaryl/α,β-unsaturated/α-hetero) is 1. The molecule has 236 valence electrons. The zero-order valence-electron chi connectivity index (χ0n) is 27.6. The van der Waals surface area contributed by atoms with Crippen molar-refractivity contribution >= 4 is 28.3 Å². The number of phenolic OH excluding ortho intramolecular Hbond substituents is 1. The Morgan fingerprint density at radius 3 is 1.82 bits per heavy atom. The fourth-order valence-electron chi connectivity index (χ4n) is 6.04. The molecule has 0 amide bonds. The summed E-state index contributed by atoms with van der Waals surface area (Å²) in [4.78, 5) is 18.5. The smallest absolute Gasteiger partial charge is 0.215 e. The summed E-state index contributed by atoms with van der Waals surface area (Å²) < 4.78 is 6.44. The van der Waals surface area contributed by atoms with Crippen LogP contribution >= 0.6 is 0 Å². The number of allylic oxidation sites excluding steroid dienone is 1. The van der Waals surface area contributed by atoms with Crippen molar-refractivity contribution in [2.45, 2.75) is 123 Å². The molecule has 0 atom stereocenters. The van der Waals surface area contributed by atoms with Crippen molar-refractivity contribution in [3.05, 3.63) is 71.3 Å². The highest BCUT2D eigenvalue weighted by molar-refractivity contribution is 6.53. The Bertz CT molecular complexity index is 1430. The van der Waals surface area contributed by atoms with Gasteiger partial charge in [0.1, 0.15) is 23.0 Å². The number of rotatable bonds is 17. The van der Waals surface area contributed by atoms with E-state index in [0.29, 0.717) is 45.7 Å². The molecule has 4 nitrogen and oxygen atoms in total. The van der Waals surface area contributed by atoms with E-state index in [2.05, 4.69) is 39.8 Å². The highest BCUT2D eigenvalue weighted by Crippen LogP contribution is 2.44. The molecule has 1 aliphatic carbocycles. The average Bonchev–Trinajstić information content (AvgIpc) is 3.01. The lowest BCUT2D eigenvalue weighted by molar-refractivity contribution is 0.106. The number of unbranched alkanes of at least 4 members (excludes halogenated alkanes) is 13. The van der Waals surface area contributed by atoms with Gasteiger partial charge < -0.3 is 9.84 Å². The lowest BCUT2D eigenvalue weighted by atomic mass is 9.87. The minimum Gasteiger partial charge on any atom is -0.507 e. The van der Waals surface area contributed by atoms with Gasteiger partial charge in [0.15, 0.2) is 0 Å². The Hall–Kier alpha value is -3.40. The molecule has 3 aromatic carbocycles. The van der Waals surface area contributed by atoms with Crippen molar-refractivity contribution < 1.29 is 14.6 Å². The maximum absolute atomic E-state index is 13.8. The van der Waals surface area contributed by atoms with Crippen molar-refractivity contribution in [2.24, 2.45) is 4.99 Å². The maximum atomic E-state index is 13.8. The van der Waals surface area contributed by atoms with Crippen molar-refractivity contribution in [1.82, 2.24) is 0 Å². The summed E-state index contributed by atoms with van der Waals surface area (Å²) in [6.07, 6.45) is 21.9. The topological polar surface area (TPSA) is 58.9 Å². The van der Waals surface area contributed by atoms with Crippen LogP contribution in [-0.2, 0) is 5.41 Å². The molecule has 0 aliphatic heterocycles. The molecule has 1 N–H and O–H groups in total. The van der Waals surface area contributed by atoms with Gasteiger partial charge in [-0.25, -0.2) is 0 Å². The molecule has 4 rings (SSSR count). The maximum Gasteiger partial charge on any atom is 0.215 e. The van der Waals surface area contributed by atoms with E-state index in [1.54, 1.807) is 12.2 Å². The van der Waals surface area contributed by atoms with Gasteiger partial charge in [-0.2, -0.15) is 0 Å². The summed E-state index contributed by atoms with van der Waals surface area (Å²) in [7, 11) is 0. The van der Waals surface area contributed by atoms with E-state index >= 15 is 0 Å². The zero-order chi connectivity index (χ0) is 31.4. The van der Waals surface area contributed by atoms with E-state index in [1.165, 1.54) is 82.6 Å². The Kier molecular flexibility index (Phi) is 12.6. The van der Waals surface area contributed by atoms with Crippen LogP contribution in [0, 0.1) is 0 Å². The standard InChI is InChI=1S/C40H53NO3/c1-5-6-7-8-9-10-11-12-13-14-15-16-17-20-29-41-35-28-27-34-36(38(35)43)39(33-22-19-18-21-32(33)37(34)42)44-31-25-23-30(24-26-31)40(2,3)4/h18-19,21-28,42H,5-17,20,29H2,1-4H3. The number of benzene rings is 3. The molecule has 0 spiro atoms. The molecular weight excluding hydrogens is 542 g/mol. The van der Waals surface area contributed by atoms with Crippen LogP contribution in [0.25, 0.3) is 16.8 Å². The van der Waals surface area contributed by atoms with E-state index in [9.17, 15) is 9.90 Å². The second-order valence-electron chi connectivity index (χ2n) is 13.4. The second kappa shape index (κ2) is 16.6. The van der Waals surface area contributed by atoms with Crippen LogP contribution in [0.4, 0.5) is 0 Å². The summed E-state index contributed by atoms with van der Waals surface area (Å²) in [5.74, 6) is 1.02. The van der Waals surface area contributed by atoms with Crippen LogP contribution in [0.1, 0.15) is 139 Å². The molecule has 0 saturated carbocycles. The van der Waals surface area contributed by atoms with E-state index in [4.69, 9.17) is 9.73 Å². The first-order chi connectivity index (χ1) is 21.3. The normalized spacial score (nSPS) is 14.0. The largest absolute Gasteiger partial charge is 0.507 e. The number of aromatic hydroxyl groups is 1. The summed E-state index contributed by atoms with van der Waals surface area (Å²) in [6, 6.07) is 15.6. The number of aliphatic imine (C=N–C) groups is 1. The minimum absolute atomic E-state index is 0.0298. The Morgan fingerprint density at radius 1 is 0.705 bits per heavy atom. The number of hydrogen-bond acceptors (Lipinski definition) is 4. The van der Waals surface area contributed by atoms with Gasteiger partial charge in [0.25, 0.3) is 0 Å². The number of hydrogen-bond donors (Lipinski definition) is 1. The third kappa shape index (κ3) is 9.06. The summed E-state index contributed by atoms with van der Waals surface area (Å²) in [6.45, 7) is 9.44. The van der Waals surface area contributed by atoms with Crippen LogP contribution in [0.2, 0.25) is 0 Å². The minimum atomic E-state index is -0.199. The molecule has 0 bridgehead atoms. The lowest BCUT2D eigenvalue weighted by Crippen LogP contribution is -2.19. The Morgan fingerprint density at radius 2 is 1.25 bits per heavy atom. The summed E-state index contributed by atoms with van der Waals surface area (Å²) >= 11 is 0. The predicted octanol–water partition coefficient (Wildman–Crippen LogP) is 11.8. The second-order valence-corrected chi connectivity index (χ2v) is 13.4. The SMILES string of the molecule is CCCCCCCCCCCCCCCCN=C1C=Cc2c(c(Oc3ccc(C(C)(C)C)cc3)c3ccccc3c2O)C1=O. The van der Waals surface area contributed by atoms with Gasteiger partial charge in [0.05, 0.1) is 5.56 Å². The molecular formula is C40H53NO3. The van der Waals surface area contributed by atoms with Crippen LogP contribution < -0.4 is 4.74 Å². The average molecular weight is 596 g/mol. The van der Waals surface area contributed by atoms with Gasteiger partial charge >= 0.3 is 0 Å². The zero-order valence-corrected chi connectivity index (χ0v) is 27.6. The quantitative estimate of drug-likeness (QED) is 0.158. The number of fused-ring (bicyclic) bond motifs is 2. The van der Waals surface area contributed by atoms with Gasteiger partial charge in [-0.05, 0) is 41.7 Å². The molecule has 0 heterocycles. The molecule has 1 aliphatic rings. The van der Waals surface area contributed by atoms with Crippen LogP contribution in [-0.4, -0.2) is 23.1 Å². The highest BCUT2D eigenvalue weighted by atomic mass is 16.5. The number of carbonyl (C=O) groups is 1. The number of ether oxygens (including phenoxy) is 1. The van der Waals surface area contributed by atoms with Crippen molar-refractivity contribution in [2.75, 3.05) is 6.54 Å². The van der Waals surface area contributed by atoms with Gasteiger partial charge in [0, 0.05) is 22.9 Å². The number of nitrogens with zero attached hydrogens (tertiary/aromatic N) is 1. The first-order valence-electron chi connectivity index (χ1n) is 17.1. The van der Waals surface area contributed by atoms with Crippen LogP contribution in [0.5, 0.6) is 17.2 Å². The van der Waals surface area contributed by atoms with Gasteiger partial charge in [-0.15, -0.1) is 0 Å². The number of carbonyl (C=O) groups excluding carboxylic acids is 1. The molecule has 0 unspecified atom stereocenters. The monoisotopic (exact) mass is 595 g/mol. The van der Waals surface area contributed by atoms with E-state index < -0.39 is 0 Å². The van der Waals surface area contributed by atoms with Crippen LogP contribution in [0.15, 0.2) is 59.6 Å². The summed E-state index contributed by atoms with van der Waals surface area (Å²) in [5, 5.41) is 12.5. The van der Waals surface area contributed by atoms with Gasteiger partial charge in [0.2, 0.25) is 5.78 Å². The van der Waals surface area contributed by atoms with E-state index in [0.717, 1.165) is 12.8 Å². The third-order valence-corrected chi connectivity index (χ3v) is 8.78. The summed E-state index contributed by atoms with van der Waals surface area (Å²) in [5.41, 5.74) is 2.53. The van der Waals surface area contributed by atoms with Gasteiger partial charge in [-0.3, -0.25) is 9.79 Å². The Labute approximate surface area is 265 Å². The van der Waals surface area contributed by atoms with Crippen molar-refractivity contribution in [3.8, 4) is 17.2 Å². The lowest BCUT2D eigenvalue weighted by Gasteiger charge is -2.21. The molecule has 0 saturated heterocycles. The predicted molar refractivity (Wildman–Crippen MR) is 187 cm³/mol. The molecule has 0 aromatic heterocycles. The molecule has 0 radical (unpaired) electrons. The van der Waals surface area contributed by atoms with Crippen molar-refractivity contribution in [3.63, 3.8) is 0 Å². The first-order valence-corrected chi connectivity index (χ1v) is 17.1. The van der Waals surface area contributed by atoms with Gasteiger partial charge in [-0.1, -0.05) is 148 Å². The third-order valence-electron chi connectivity index (χ3n) is 8.78.